The van der Waals surface area contributed by atoms with E-state index < -0.39 is 24.9 Å². The van der Waals surface area contributed by atoms with Crippen molar-refractivity contribution in [3.05, 3.63) is 0 Å². The van der Waals surface area contributed by atoms with Crippen molar-refractivity contribution in [2.24, 2.45) is 0 Å². The molecule has 7 heteroatoms. The summed E-state index contributed by atoms with van der Waals surface area (Å²) in [6, 6.07) is 1.23. The zero-order valence-corrected chi connectivity index (χ0v) is 7.39. The molecule has 0 aliphatic rings. The number of carbonyl (C=O) groups is 1. The molecule has 0 spiro atoms. The standard InChI is InChI=1S/C7H9F3N2O2/c1-5(2-3-11)12-6(13)14-4-7(8,9)10/h5H,2,4H2,1H3,(H,12,13). The van der Waals surface area contributed by atoms with Gasteiger partial charge < -0.3 is 10.1 Å². The van der Waals surface area contributed by atoms with Gasteiger partial charge in [0.1, 0.15) is 0 Å². The van der Waals surface area contributed by atoms with Gasteiger partial charge in [0, 0.05) is 6.04 Å². The summed E-state index contributed by atoms with van der Waals surface area (Å²) in [6.45, 7) is -0.143. The predicted octanol–water partition coefficient (Wildman–Crippen LogP) is 1.58. The summed E-state index contributed by atoms with van der Waals surface area (Å²) in [6.07, 6.45) is -5.69. The highest BCUT2D eigenvalue weighted by molar-refractivity contribution is 5.67. The van der Waals surface area contributed by atoms with Crippen LogP contribution in [0.3, 0.4) is 0 Å². The van der Waals surface area contributed by atoms with Gasteiger partial charge in [0.2, 0.25) is 0 Å². The first-order valence-electron chi connectivity index (χ1n) is 3.72. The van der Waals surface area contributed by atoms with Gasteiger partial charge in [-0.2, -0.15) is 18.4 Å². The van der Waals surface area contributed by atoms with Crippen LogP contribution in [0.5, 0.6) is 0 Å². The molecule has 0 aromatic rings. The van der Waals surface area contributed by atoms with Crippen LogP contribution in [0.1, 0.15) is 13.3 Å². The van der Waals surface area contributed by atoms with Gasteiger partial charge in [-0.25, -0.2) is 4.79 Å². The van der Waals surface area contributed by atoms with Gasteiger partial charge in [-0.3, -0.25) is 0 Å². The number of rotatable bonds is 3. The molecular formula is C7H9F3N2O2. The van der Waals surface area contributed by atoms with Crippen LogP contribution in [0.4, 0.5) is 18.0 Å². The molecule has 0 aromatic heterocycles. The minimum absolute atomic E-state index is 0.0150. The van der Waals surface area contributed by atoms with E-state index in [1.54, 1.807) is 6.07 Å². The lowest BCUT2D eigenvalue weighted by Crippen LogP contribution is -2.34. The first kappa shape index (κ1) is 12.6. The average Bonchev–Trinajstić information content (AvgIpc) is 2.00. The Bertz CT molecular complexity index is 234. The number of alkyl halides is 3. The van der Waals surface area contributed by atoms with E-state index in [0.717, 1.165) is 0 Å². The third-order valence-electron chi connectivity index (χ3n) is 1.13. The average molecular weight is 210 g/mol. The number of nitriles is 1. The molecule has 1 N–H and O–H groups in total. The number of ether oxygens (including phenoxy) is 1. The van der Waals surface area contributed by atoms with Crippen LogP contribution in [0.15, 0.2) is 0 Å². The predicted molar refractivity (Wildman–Crippen MR) is 40.2 cm³/mol. The third kappa shape index (κ3) is 7.21. The molecule has 0 fully saturated rings. The van der Waals surface area contributed by atoms with E-state index in [2.05, 4.69) is 10.1 Å². The third-order valence-corrected chi connectivity index (χ3v) is 1.13. The van der Waals surface area contributed by atoms with Crippen LogP contribution in [-0.2, 0) is 4.74 Å². The van der Waals surface area contributed by atoms with E-state index in [1.165, 1.54) is 6.92 Å². The highest BCUT2D eigenvalue weighted by Crippen LogP contribution is 2.14. The van der Waals surface area contributed by atoms with Gasteiger partial charge in [0.05, 0.1) is 12.5 Å². The molecular weight excluding hydrogens is 201 g/mol. The fraction of sp³-hybridized carbons (Fsp3) is 0.714. The van der Waals surface area contributed by atoms with Gasteiger partial charge in [0.25, 0.3) is 0 Å². The molecule has 4 nitrogen and oxygen atoms in total. The zero-order chi connectivity index (χ0) is 11.2. The molecule has 0 aromatic carbocycles. The van der Waals surface area contributed by atoms with Crippen molar-refractivity contribution in [1.82, 2.24) is 5.32 Å². The molecule has 0 aliphatic carbocycles. The lowest BCUT2D eigenvalue weighted by atomic mass is 10.3. The van der Waals surface area contributed by atoms with E-state index in [9.17, 15) is 18.0 Å². The van der Waals surface area contributed by atoms with Crippen molar-refractivity contribution in [3.8, 4) is 6.07 Å². The number of halogens is 3. The normalized spacial score (nSPS) is 12.8. The second-order valence-corrected chi connectivity index (χ2v) is 2.60. The molecule has 0 rings (SSSR count). The summed E-state index contributed by atoms with van der Waals surface area (Å²) in [4.78, 5) is 10.6. The van der Waals surface area contributed by atoms with Crippen LogP contribution in [-0.4, -0.2) is 24.9 Å². The van der Waals surface area contributed by atoms with Gasteiger partial charge in [0.15, 0.2) is 6.61 Å². The van der Waals surface area contributed by atoms with E-state index >= 15 is 0 Å². The van der Waals surface area contributed by atoms with Crippen LogP contribution in [0.2, 0.25) is 0 Å². The number of carbonyl (C=O) groups excluding carboxylic acids is 1. The topological polar surface area (TPSA) is 62.1 Å². The van der Waals surface area contributed by atoms with E-state index in [1.807, 2.05) is 0 Å². The SMILES string of the molecule is CC(CC#N)NC(=O)OCC(F)(F)F. The van der Waals surface area contributed by atoms with Gasteiger partial charge in [-0.05, 0) is 6.92 Å². The highest BCUT2D eigenvalue weighted by Gasteiger charge is 2.29. The monoisotopic (exact) mass is 210 g/mol. The Morgan fingerprint density at radius 2 is 2.21 bits per heavy atom. The van der Waals surface area contributed by atoms with Crippen LogP contribution < -0.4 is 5.32 Å². The Labute approximate surface area is 78.6 Å². The molecule has 0 aliphatic heterocycles. The van der Waals surface area contributed by atoms with Crippen molar-refractivity contribution < 1.29 is 22.7 Å². The molecule has 1 atom stereocenters. The second-order valence-electron chi connectivity index (χ2n) is 2.60. The van der Waals surface area contributed by atoms with Crippen molar-refractivity contribution in [2.75, 3.05) is 6.61 Å². The van der Waals surface area contributed by atoms with Crippen molar-refractivity contribution in [3.63, 3.8) is 0 Å². The highest BCUT2D eigenvalue weighted by atomic mass is 19.4. The Morgan fingerprint density at radius 3 is 2.64 bits per heavy atom. The molecule has 0 radical (unpaired) electrons. The fourth-order valence-corrected chi connectivity index (χ4v) is 0.578. The van der Waals surface area contributed by atoms with Gasteiger partial charge in [-0.1, -0.05) is 0 Å². The van der Waals surface area contributed by atoms with Crippen LogP contribution >= 0.6 is 0 Å². The Balaban J connectivity index is 3.72. The van der Waals surface area contributed by atoms with Gasteiger partial charge in [-0.15, -0.1) is 0 Å². The molecule has 0 saturated heterocycles. The van der Waals surface area contributed by atoms with Crippen LogP contribution in [0.25, 0.3) is 0 Å². The summed E-state index contributed by atoms with van der Waals surface area (Å²) in [5, 5.41) is 10.3. The molecule has 1 unspecified atom stereocenters. The lowest BCUT2D eigenvalue weighted by Gasteiger charge is -2.11. The molecule has 80 valence electrons. The van der Waals surface area contributed by atoms with E-state index in [4.69, 9.17) is 5.26 Å². The Morgan fingerprint density at radius 1 is 1.64 bits per heavy atom. The zero-order valence-electron chi connectivity index (χ0n) is 7.39. The van der Waals surface area contributed by atoms with E-state index in [-0.39, 0.29) is 6.42 Å². The molecule has 14 heavy (non-hydrogen) atoms. The molecule has 0 bridgehead atoms. The molecule has 1 amide bonds. The van der Waals surface area contributed by atoms with Crippen molar-refractivity contribution >= 4 is 6.09 Å². The molecule has 0 heterocycles. The maximum Gasteiger partial charge on any atom is 0.422 e. The van der Waals surface area contributed by atoms with Crippen LogP contribution in [0, 0.1) is 11.3 Å². The number of nitrogens with zero attached hydrogens (tertiary/aromatic N) is 1. The summed E-state index contributed by atoms with van der Waals surface area (Å²) in [5.41, 5.74) is 0. The quantitative estimate of drug-likeness (QED) is 0.769. The van der Waals surface area contributed by atoms with E-state index in [0.29, 0.717) is 0 Å². The summed E-state index contributed by atoms with van der Waals surface area (Å²) >= 11 is 0. The number of alkyl carbamates (subject to hydrolysis) is 1. The maximum absolute atomic E-state index is 11.5. The largest absolute Gasteiger partial charge is 0.440 e. The molecule has 0 saturated carbocycles. The minimum atomic E-state index is -4.53. The fourth-order valence-electron chi connectivity index (χ4n) is 0.578. The summed E-state index contributed by atoms with van der Waals surface area (Å²) < 4.78 is 38.5. The number of hydrogen-bond acceptors (Lipinski definition) is 3. The second kappa shape index (κ2) is 5.32. The number of hydrogen-bond donors (Lipinski definition) is 1. The minimum Gasteiger partial charge on any atom is -0.440 e. The lowest BCUT2D eigenvalue weighted by molar-refractivity contribution is -0.160. The number of nitrogens with one attached hydrogen (secondary N) is 1. The maximum atomic E-state index is 11.5. The summed E-state index contributed by atoms with van der Waals surface area (Å²) in [7, 11) is 0. The summed E-state index contributed by atoms with van der Waals surface area (Å²) in [5.74, 6) is 0. The first-order valence-corrected chi connectivity index (χ1v) is 3.72. The van der Waals surface area contributed by atoms with Gasteiger partial charge >= 0.3 is 12.3 Å². The Kier molecular flexibility index (Phi) is 4.77. The number of amides is 1. The van der Waals surface area contributed by atoms with Crippen molar-refractivity contribution in [1.29, 1.82) is 5.26 Å². The van der Waals surface area contributed by atoms with Crippen molar-refractivity contribution in [2.45, 2.75) is 25.6 Å². The first-order chi connectivity index (χ1) is 6.35. The smallest absolute Gasteiger partial charge is 0.422 e. The Hall–Kier alpha value is -1.45.